The largest absolute Gasteiger partial charge is 0.355 e. The number of fused-ring (bicyclic) bond motifs is 1. The first-order valence-corrected chi connectivity index (χ1v) is 8.23. The number of hydrogen-bond donors (Lipinski definition) is 3. The van der Waals surface area contributed by atoms with Crippen LogP contribution in [0.4, 0.5) is 16.0 Å². The highest BCUT2D eigenvalue weighted by Crippen LogP contribution is 2.18. The Kier molecular flexibility index (Phi) is 4.25. The van der Waals surface area contributed by atoms with Gasteiger partial charge in [0.25, 0.3) is 5.91 Å². The van der Waals surface area contributed by atoms with E-state index < -0.39 is 0 Å². The number of rotatable bonds is 5. The van der Waals surface area contributed by atoms with E-state index in [-0.39, 0.29) is 18.3 Å². The summed E-state index contributed by atoms with van der Waals surface area (Å²) in [6.45, 7) is 0.262. The molecule has 4 aromatic rings. The normalized spacial score (nSPS) is 10.9. The fourth-order valence-electron chi connectivity index (χ4n) is 2.69. The number of aromatic nitrogens is 5. The summed E-state index contributed by atoms with van der Waals surface area (Å²) < 4.78 is 15.5. The molecule has 27 heavy (non-hydrogen) atoms. The standard InChI is InChI=1S/C18H16FN7O/c1-20-17(27)15-6-13(9-21-15)24-18-22-7-12-8-23-26(16(12)25-18)10-11-4-2-3-5-14(11)19/h2-9,21H,10H2,1H3,(H,20,27)(H,22,24,25). The molecule has 0 atom stereocenters. The van der Waals surface area contributed by atoms with E-state index in [1.54, 1.807) is 54.6 Å². The van der Waals surface area contributed by atoms with Crippen LogP contribution < -0.4 is 10.6 Å². The van der Waals surface area contributed by atoms with Crippen LogP contribution in [0.15, 0.2) is 48.9 Å². The highest BCUT2D eigenvalue weighted by Gasteiger charge is 2.11. The number of amides is 1. The molecule has 1 amide bonds. The summed E-state index contributed by atoms with van der Waals surface area (Å²) in [6.07, 6.45) is 4.93. The minimum Gasteiger partial charge on any atom is -0.355 e. The molecule has 3 aromatic heterocycles. The molecule has 3 heterocycles. The van der Waals surface area contributed by atoms with Crippen LogP contribution in [-0.4, -0.2) is 37.7 Å². The lowest BCUT2D eigenvalue weighted by Gasteiger charge is -2.06. The minimum absolute atomic E-state index is 0.220. The highest BCUT2D eigenvalue weighted by molar-refractivity contribution is 5.93. The number of hydrogen-bond acceptors (Lipinski definition) is 5. The average Bonchev–Trinajstić information content (AvgIpc) is 3.30. The zero-order valence-corrected chi connectivity index (χ0v) is 14.4. The van der Waals surface area contributed by atoms with Crippen LogP contribution in [-0.2, 0) is 6.54 Å². The van der Waals surface area contributed by atoms with Crippen LogP contribution in [0.3, 0.4) is 0 Å². The van der Waals surface area contributed by atoms with Crippen LogP contribution in [0.25, 0.3) is 11.0 Å². The molecule has 8 nitrogen and oxygen atoms in total. The first-order valence-electron chi connectivity index (χ1n) is 8.23. The van der Waals surface area contributed by atoms with E-state index in [9.17, 15) is 9.18 Å². The molecule has 0 saturated heterocycles. The van der Waals surface area contributed by atoms with Crippen LogP contribution in [0, 0.1) is 5.82 Å². The van der Waals surface area contributed by atoms with Crippen molar-refractivity contribution in [1.29, 1.82) is 0 Å². The number of nitrogens with zero attached hydrogens (tertiary/aromatic N) is 4. The number of nitrogens with one attached hydrogen (secondary N) is 3. The Morgan fingerprint density at radius 3 is 2.96 bits per heavy atom. The number of benzene rings is 1. The number of H-pyrrole nitrogens is 1. The predicted octanol–water partition coefficient (Wildman–Crippen LogP) is 2.45. The first kappa shape index (κ1) is 16.7. The van der Waals surface area contributed by atoms with Crippen LogP contribution >= 0.6 is 0 Å². The van der Waals surface area contributed by atoms with Crippen molar-refractivity contribution in [2.45, 2.75) is 6.54 Å². The molecule has 4 rings (SSSR count). The molecule has 3 N–H and O–H groups in total. The van der Waals surface area contributed by atoms with Crippen molar-refractivity contribution >= 4 is 28.6 Å². The van der Waals surface area contributed by atoms with Crippen molar-refractivity contribution in [3.05, 3.63) is 66.0 Å². The Bertz CT molecular complexity index is 1120. The van der Waals surface area contributed by atoms with E-state index in [2.05, 4.69) is 30.7 Å². The van der Waals surface area contributed by atoms with Crippen LogP contribution in [0.1, 0.15) is 16.1 Å². The highest BCUT2D eigenvalue weighted by atomic mass is 19.1. The maximum atomic E-state index is 13.9. The van der Waals surface area contributed by atoms with Gasteiger partial charge >= 0.3 is 0 Å². The summed E-state index contributed by atoms with van der Waals surface area (Å²) in [7, 11) is 1.56. The third kappa shape index (κ3) is 3.34. The zero-order valence-electron chi connectivity index (χ0n) is 14.4. The molecule has 0 saturated carbocycles. The van der Waals surface area contributed by atoms with Crippen molar-refractivity contribution in [2.75, 3.05) is 12.4 Å². The smallest absolute Gasteiger partial charge is 0.267 e. The molecule has 0 aliphatic carbocycles. The van der Waals surface area contributed by atoms with Crippen LogP contribution in [0.5, 0.6) is 0 Å². The third-order valence-electron chi connectivity index (χ3n) is 4.07. The Hall–Kier alpha value is -3.75. The van der Waals surface area contributed by atoms with Gasteiger partial charge in [0.05, 0.1) is 23.8 Å². The minimum atomic E-state index is -0.289. The second-order valence-electron chi connectivity index (χ2n) is 5.87. The Morgan fingerprint density at radius 1 is 1.30 bits per heavy atom. The summed E-state index contributed by atoms with van der Waals surface area (Å²) in [5.41, 5.74) is 2.17. The first-order chi connectivity index (χ1) is 13.1. The van der Waals surface area contributed by atoms with Gasteiger partial charge in [-0.15, -0.1) is 0 Å². The van der Waals surface area contributed by atoms with Crippen molar-refractivity contribution in [3.8, 4) is 0 Å². The number of carbonyl (C=O) groups is 1. The van der Waals surface area contributed by atoms with Gasteiger partial charge in [0.1, 0.15) is 11.5 Å². The second-order valence-corrected chi connectivity index (χ2v) is 5.87. The molecule has 136 valence electrons. The fraction of sp³-hybridized carbons (Fsp3) is 0.111. The topological polar surface area (TPSA) is 101 Å². The van der Waals surface area contributed by atoms with Gasteiger partial charge in [0, 0.05) is 25.0 Å². The summed E-state index contributed by atoms with van der Waals surface area (Å²) in [5, 5.41) is 10.6. The molecule has 0 fully saturated rings. The number of carbonyl (C=O) groups excluding carboxylic acids is 1. The lowest BCUT2D eigenvalue weighted by Crippen LogP contribution is -2.17. The van der Waals surface area contributed by atoms with Crippen molar-refractivity contribution in [3.63, 3.8) is 0 Å². The monoisotopic (exact) mass is 365 g/mol. The summed E-state index contributed by atoms with van der Waals surface area (Å²) >= 11 is 0. The van der Waals surface area contributed by atoms with Gasteiger partial charge in [-0.05, 0) is 12.1 Å². The van der Waals surface area contributed by atoms with Gasteiger partial charge in [0.15, 0.2) is 5.65 Å². The Morgan fingerprint density at radius 2 is 2.15 bits per heavy atom. The van der Waals surface area contributed by atoms with Crippen molar-refractivity contribution in [2.24, 2.45) is 0 Å². The maximum Gasteiger partial charge on any atom is 0.267 e. The molecule has 1 aromatic carbocycles. The van der Waals surface area contributed by atoms with Gasteiger partial charge in [-0.25, -0.2) is 14.1 Å². The Labute approximate surface area is 153 Å². The molecule has 0 spiro atoms. The average molecular weight is 365 g/mol. The van der Waals surface area contributed by atoms with Gasteiger partial charge < -0.3 is 15.6 Å². The number of aromatic amines is 1. The fourth-order valence-corrected chi connectivity index (χ4v) is 2.69. The molecular weight excluding hydrogens is 349 g/mol. The molecule has 0 aliphatic rings. The molecule has 0 bridgehead atoms. The SMILES string of the molecule is CNC(=O)c1cc(Nc2ncc3cnn(Cc4ccccc4F)c3n2)c[nH]1. The third-order valence-corrected chi connectivity index (χ3v) is 4.07. The molecule has 9 heteroatoms. The quantitative estimate of drug-likeness (QED) is 0.504. The second kappa shape index (κ2) is 6.87. The molecule has 0 radical (unpaired) electrons. The lowest BCUT2D eigenvalue weighted by molar-refractivity contribution is 0.0959. The van der Waals surface area contributed by atoms with Gasteiger partial charge in [-0.1, -0.05) is 18.2 Å². The summed E-state index contributed by atoms with van der Waals surface area (Å²) in [6, 6.07) is 8.21. The summed E-state index contributed by atoms with van der Waals surface area (Å²) in [4.78, 5) is 23.2. The number of halogens is 1. The lowest BCUT2D eigenvalue weighted by atomic mass is 10.2. The molecule has 0 aliphatic heterocycles. The molecule has 0 unspecified atom stereocenters. The van der Waals surface area contributed by atoms with E-state index in [0.717, 1.165) is 5.39 Å². The predicted molar refractivity (Wildman–Crippen MR) is 98.3 cm³/mol. The number of anilines is 2. The van der Waals surface area contributed by atoms with Gasteiger partial charge in [0.2, 0.25) is 5.95 Å². The van der Waals surface area contributed by atoms with Crippen molar-refractivity contribution in [1.82, 2.24) is 30.0 Å². The van der Waals surface area contributed by atoms with E-state index in [0.29, 0.717) is 28.5 Å². The molecular formula is C18H16FN7O. The maximum absolute atomic E-state index is 13.9. The zero-order chi connectivity index (χ0) is 18.8. The Balaban J connectivity index is 1.61. The van der Waals surface area contributed by atoms with E-state index in [1.807, 2.05) is 0 Å². The van der Waals surface area contributed by atoms with E-state index in [4.69, 9.17) is 0 Å². The van der Waals surface area contributed by atoms with E-state index >= 15 is 0 Å². The summed E-state index contributed by atoms with van der Waals surface area (Å²) in [5.74, 6) is -0.162. The van der Waals surface area contributed by atoms with Crippen LogP contribution in [0.2, 0.25) is 0 Å². The van der Waals surface area contributed by atoms with E-state index in [1.165, 1.54) is 6.07 Å². The van der Waals surface area contributed by atoms with Gasteiger partial charge in [-0.3, -0.25) is 4.79 Å². The van der Waals surface area contributed by atoms with Gasteiger partial charge in [-0.2, -0.15) is 10.1 Å². The van der Waals surface area contributed by atoms with Crippen molar-refractivity contribution < 1.29 is 9.18 Å².